The third-order valence-electron chi connectivity index (χ3n) is 2.73. The zero-order chi connectivity index (χ0) is 15.8. The lowest BCUT2D eigenvalue weighted by Crippen LogP contribution is -2.15. The SMILES string of the molecule is O=C(c1cc(F)ccc1C(F)(F)F)c1cccc(Br)c1F. The third kappa shape index (κ3) is 3.12. The monoisotopic (exact) mass is 364 g/mol. The van der Waals surface area contributed by atoms with Crippen molar-refractivity contribution >= 4 is 21.7 Å². The Labute approximate surface area is 124 Å². The second-order valence-corrected chi connectivity index (χ2v) is 4.97. The maximum atomic E-state index is 13.8. The molecular formula is C14H6BrF5O. The highest BCUT2D eigenvalue weighted by molar-refractivity contribution is 9.10. The number of carbonyl (C=O) groups excluding carboxylic acids is 1. The van der Waals surface area contributed by atoms with Crippen LogP contribution in [0.3, 0.4) is 0 Å². The van der Waals surface area contributed by atoms with Crippen molar-refractivity contribution in [1.82, 2.24) is 0 Å². The molecule has 0 spiro atoms. The molecule has 110 valence electrons. The molecule has 2 rings (SSSR count). The molecule has 0 heterocycles. The summed E-state index contributed by atoms with van der Waals surface area (Å²) in [5.41, 5.74) is -2.81. The molecule has 0 fully saturated rings. The van der Waals surface area contributed by atoms with Crippen LogP contribution in [-0.4, -0.2) is 5.78 Å². The quantitative estimate of drug-likeness (QED) is 0.542. The van der Waals surface area contributed by atoms with Crippen LogP contribution in [0.15, 0.2) is 40.9 Å². The summed E-state index contributed by atoms with van der Waals surface area (Å²) in [4.78, 5) is 12.1. The van der Waals surface area contributed by atoms with E-state index in [2.05, 4.69) is 15.9 Å². The van der Waals surface area contributed by atoms with Crippen molar-refractivity contribution in [1.29, 1.82) is 0 Å². The van der Waals surface area contributed by atoms with Gasteiger partial charge in [0, 0.05) is 5.56 Å². The van der Waals surface area contributed by atoms with Gasteiger partial charge in [0.05, 0.1) is 15.6 Å². The van der Waals surface area contributed by atoms with Crippen molar-refractivity contribution in [2.75, 3.05) is 0 Å². The van der Waals surface area contributed by atoms with Crippen LogP contribution in [0, 0.1) is 11.6 Å². The van der Waals surface area contributed by atoms with Gasteiger partial charge in [-0.25, -0.2) is 8.78 Å². The lowest BCUT2D eigenvalue weighted by Gasteiger charge is -2.12. The van der Waals surface area contributed by atoms with E-state index in [-0.39, 0.29) is 4.47 Å². The van der Waals surface area contributed by atoms with E-state index in [1.807, 2.05) is 0 Å². The first-order valence-electron chi connectivity index (χ1n) is 5.57. The van der Waals surface area contributed by atoms with Crippen molar-refractivity contribution < 1.29 is 26.7 Å². The molecule has 0 aromatic heterocycles. The van der Waals surface area contributed by atoms with E-state index in [9.17, 15) is 26.7 Å². The predicted octanol–water partition coefficient (Wildman–Crippen LogP) is 4.98. The molecule has 0 amide bonds. The minimum Gasteiger partial charge on any atom is -0.288 e. The summed E-state index contributed by atoms with van der Waals surface area (Å²) < 4.78 is 65.5. The zero-order valence-corrected chi connectivity index (χ0v) is 11.7. The number of halogens is 6. The van der Waals surface area contributed by atoms with E-state index in [0.717, 1.165) is 6.07 Å². The summed E-state index contributed by atoms with van der Waals surface area (Å²) in [6, 6.07) is 5.13. The summed E-state index contributed by atoms with van der Waals surface area (Å²) in [6.07, 6.45) is -4.85. The fourth-order valence-electron chi connectivity index (χ4n) is 1.78. The molecule has 0 saturated carbocycles. The Morgan fingerprint density at radius 2 is 1.67 bits per heavy atom. The Morgan fingerprint density at radius 1 is 1.00 bits per heavy atom. The van der Waals surface area contributed by atoms with Crippen molar-refractivity contribution in [3.05, 3.63) is 69.2 Å². The van der Waals surface area contributed by atoms with Gasteiger partial charge in [0.2, 0.25) is 0 Å². The van der Waals surface area contributed by atoms with E-state index < -0.39 is 40.3 Å². The van der Waals surface area contributed by atoms with Crippen molar-refractivity contribution in [3.63, 3.8) is 0 Å². The van der Waals surface area contributed by atoms with E-state index in [0.29, 0.717) is 18.2 Å². The molecule has 2 aromatic carbocycles. The number of hydrogen-bond donors (Lipinski definition) is 0. The summed E-state index contributed by atoms with van der Waals surface area (Å²) in [5.74, 6) is -3.25. The number of carbonyl (C=O) groups is 1. The van der Waals surface area contributed by atoms with E-state index in [1.165, 1.54) is 12.1 Å². The second kappa shape index (κ2) is 5.55. The second-order valence-electron chi connectivity index (χ2n) is 4.12. The van der Waals surface area contributed by atoms with Crippen LogP contribution in [0.5, 0.6) is 0 Å². The Balaban J connectivity index is 2.63. The van der Waals surface area contributed by atoms with Crippen LogP contribution < -0.4 is 0 Å². The average Bonchev–Trinajstić information content (AvgIpc) is 2.39. The Morgan fingerprint density at radius 3 is 2.29 bits per heavy atom. The number of ketones is 1. The molecule has 0 aliphatic rings. The van der Waals surface area contributed by atoms with Gasteiger partial charge in [-0.2, -0.15) is 13.2 Å². The third-order valence-corrected chi connectivity index (χ3v) is 3.34. The van der Waals surface area contributed by atoms with Gasteiger partial charge in [0.1, 0.15) is 11.6 Å². The lowest BCUT2D eigenvalue weighted by atomic mass is 9.97. The molecule has 2 aromatic rings. The molecular weight excluding hydrogens is 359 g/mol. The maximum absolute atomic E-state index is 13.8. The highest BCUT2D eigenvalue weighted by Gasteiger charge is 2.36. The first-order chi connectivity index (χ1) is 9.71. The number of rotatable bonds is 2. The lowest BCUT2D eigenvalue weighted by molar-refractivity contribution is -0.137. The number of benzene rings is 2. The first kappa shape index (κ1) is 15.6. The summed E-state index contributed by atoms with van der Waals surface area (Å²) >= 11 is 2.84. The van der Waals surface area contributed by atoms with Gasteiger partial charge in [-0.3, -0.25) is 4.79 Å². The average molecular weight is 365 g/mol. The molecule has 0 N–H and O–H groups in total. The molecule has 0 unspecified atom stereocenters. The number of hydrogen-bond acceptors (Lipinski definition) is 1. The topological polar surface area (TPSA) is 17.1 Å². The van der Waals surface area contributed by atoms with Crippen LogP contribution in [0.4, 0.5) is 22.0 Å². The zero-order valence-electron chi connectivity index (χ0n) is 10.1. The predicted molar refractivity (Wildman–Crippen MR) is 68.9 cm³/mol. The highest BCUT2D eigenvalue weighted by Crippen LogP contribution is 2.34. The maximum Gasteiger partial charge on any atom is 0.417 e. The minimum absolute atomic E-state index is 0.0710. The highest BCUT2D eigenvalue weighted by atomic mass is 79.9. The van der Waals surface area contributed by atoms with Crippen LogP contribution in [0.2, 0.25) is 0 Å². The van der Waals surface area contributed by atoms with Crippen molar-refractivity contribution in [3.8, 4) is 0 Å². The summed E-state index contributed by atoms with van der Waals surface area (Å²) in [6.45, 7) is 0. The molecule has 0 aliphatic carbocycles. The molecule has 0 atom stereocenters. The molecule has 1 nitrogen and oxygen atoms in total. The van der Waals surface area contributed by atoms with Gasteiger partial charge < -0.3 is 0 Å². The first-order valence-corrected chi connectivity index (χ1v) is 6.36. The van der Waals surface area contributed by atoms with Gasteiger partial charge >= 0.3 is 6.18 Å². The van der Waals surface area contributed by atoms with E-state index in [4.69, 9.17) is 0 Å². The largest absolute Gasteiger partial charge is 0.417 e. The Hall–Kier alpha value is -1.76. The summed E-state index contributed by atoms with van der Waals surface area (Å²) in [7, 11) is 0. The molecule has 0 radical (unpaired) electrons. The Kier molecular flexibility index (Phi) is 4.13. The van der Waals surface area contributed by atoms with E-state index in [1.54, 1.807) is 0 Å². The van der Waals surface area contributed by atoms with Gasteiger partial charge in [0.15, 0.2) is 5.78 Å². The van der Waals surface area contributed by atoms with Crippen LogP contribution in [0.1, 0.15) is 21.5 Å². The minimum atomic E-state index is -4.85. The Bertz CT molecular complexity index is 709. The molecule has 0 aliphatic heterocycles. The van der Waals surface area contributed by atoms with Crippen LogP contribution >= 0.6 is 15.9 Å². The number of alkyl halides is 3. The van der Waals surface area contributed by atoms with Crippen LogP contribution in [0.25, 0.3) is 0 Å². The van der Waals surface area contributed by atoms with Gasteiger partial charge in [-0.1, -0.05) is 6.07 Å². The smallest absolute Gasteiger partial charge is 0.288 e. The fraction of sp³-hybridized carbons (Fsp3) is 0.0714. The molecule has 21 heavy (non-hydrogen) atoms. The molecule has 0 saturated heterocycles. The van der Waals surface area contributed by atoms with Gasteiger partial charge in [-0.15, -0.1) is 0 Å². The van der Waals surface area contributed by atoms with E-state index >= 15 is 0 Å². The standard InChI is InChI=1S/C14H6BrF5O/c15-11-3-1-2-8(12(11)17)13(21)9-6-7(16)4-5-10(9)14(18,19)20/h1-6H. The molecule has 0 bridgehead atoms. The van der Waals surface area contributed by atoms with Crippen molar-refractivity contribution in [2.24, 2.45) is 0 Å². The normalized spacial score (nSPS) is 11.5. The van der Waals surface area contributed by atoms with Gasteiger partial charge in [-0.05, 0) is 46.3 Å². The van der Waals surface area contributed by atoms with Crippen LogP contribution in [-0.2, 0) is 6.18 Å². The molecule has 7 heteroatoms. The van der Waals surface area contributed by atoms with Crippen molar-refractivity contribution in [2.45, 2.75) is 6.18 Å². The fourth-order valence-corrected chi connectivity index (χ4v) is 2.14. The summed E-state index contributed by atoms with van der Waals surface area (Å²) in [5, 5.41) is 0. The van der Waals surface area contributed by atoms with Gasteiger partial charge in [0.25, 0.3) is 0 Å².